The first-order chi connectivity index (χ1) is 10.6. The molecule has 0 aromatic heterocycles. The van der Waals surface area contributed by atoms with E-state index in [1.165, 1.54) is 31.1 Å². The van der Waals surface area contributed by atoms with Crippen molar-refractivity contribution in [3.05, 3.63) is 46.0 Å². The minimum absolute atomic E-state index is 0.0429. The minimum Gasteiger partial charge on any atom is -0.351 e. The number of benzene rings is 1. The second kappa shape index (κ2) is 7.70. The van der Waals surface area contributed by atoms with Gasteiger partial charge in [0.05, 0.1) is 4.92 Å². The van der Waals surface area contributed by atoms with E-state index >= 15 is 0 Å². The van der Waals surface area contributed by atoms with Crippen molar-refractivity contribution in [2.24, 2.45) is 0 Å². The van der Waals surface area contributed by atoms with Gasteiger partial charge in [-0.15, -0.1) is 0 Å². The van der Waals surface area contributed by atoms with Crippen LogP contribution in [0.3, 0.4) is 0 Å². The zero-order valence-electron chi connectivity index (χ0n) is 12.7. The van der Waals surface area contributed by atoms with Crippen LogP contribution in [-0.4, -0.2) is 41.4 Å². The number of hydrogen-bond donors (Lipinski definition) is 1. The Morgan fingerprint density at radius 3 is 2.64 bits per heavy atom. The lowest BCUT2D eigenvalue weighted by molar-refractivity contribution is -0.384. The average Bonchev–Trinajstić information content (AvgIpc) is 3.34. The van der Waals surface area contributed by atoms with Crippen LogP contribution in [0.1, 0.15) is 25.3 Å². The van der Waals surface area contributed by atoms with Gasteiger partial charge >= 0.3 is 0 Å². The van der Waals surface area contributed by atoms with Gasteiger partial charge in [0.1, 0.15) is 0 Å². The van der Waals surface area contributed by atoms with Crippen LogP contribution in [0.4, 0.5) is 5.69 Å². The van der Waals surface area contributed by atoms with Gasteiger partial charge in [-0.1, -0.05) is 6.92 Å². The highest BCUT2D eigenvalue weighted by atomic mass is 16.6. The molecule has 0 heterocycles. The highest BCUT2D eigenvalue weighted by Gasteiger charge is 2.27. The Hall–Kier alpha value is -2.21. The fourth-order valence-corrected chi connectivity index (χ4v) is 2.30. The van der Waals surface area contributed by atoms with Crippen LogP contribution in [-0.2, 0) is 4.79 Å². The van der Waals surface area contributed by atoms with E-state index in [0.717, 1.165) is 18.7 Å². The number of nitrogens with one attached hydrogen (secondary N) is 1. The molecular formula is C16H21N3O3. The smallest absolute Gasteiger partial charge is 0.269 e. The summed E-state index contributed by atoms with van der Waals surface area (Å²) < 4.78 is 0. The fourth-order valence-electron chi connectivity index (χ4n) is 2.30. The largest absolute Gasteiger partial charge is 0.351 e. The summed E-state index contributed by atoms with van der Waals surface area (Å²) in [6.07, 6.45) is 5.63. The monoisotopic (exact) mass is 303 g/mol. The molecule has 0 radical (unpaired) electrons. The summed E-state index contributed by atoms with van der Waals surface area (Å²) in [5.41, 5.74) is 0.801. The van der Waals surface area contributed by atoms with Crippen LogP contribution in [0.2, 0.25) is 0 Å². The Labute approximate surface area is 130 Å². The number of carbonyl (C=O) groups is 1. The normalized spacial score (nSPS) is 14.5. The quantitative estimate of drug-likeness (QED) is 0.454. The third-order valence-electron chi connectivity index (χ3n) is 3.70. The molecule has 118 valence electrons. The van der Waals surface area contributed by atoms with Crippen LogP contribution >= 0.6 is 0 Å². The van der Waals surface area contributed by atoms with Crippen LogP contribution in [0, 0.1) is 10.1 Å². The summed E-state index contributed by atoms with van der Waals surface area (Å²) in [5, 5.41) is 13.4. The Bertz CT molecular complexity index is 550. The average molecular weight is 303 g/mol. The summed E-state index contributed by atoms with van der Waals surface area (Å²) >= 11 is 0. The third-order valence-corrected chi connectivity index (χ3v) is 3.70. The maximum absolute atomic E-state index is 11.7. The van der Waals surface area contributed by atoms with Gasteiger partial charge in [0, 0.05) is 37.3 Å². The lowest BCUT2D eigenvalue weighted by Crippen LogP contribution is -2.35. The summed E-state index contributed by atoms with van der Waals surface area (Å²) in [5.74, 6) is -0.148. The molecule has 1 aliphatic carbocycles. The van der Waals surface area contributed by atoms with Crippen molar-refractivity contribution < 1.29 is 9.72 Å². The van der Waals surface area contributed by atoms with Gasteiger partial charge in [-0.3, -0.25) is 19.8 Å². The summed E-state index contributed by atoms with van der Waals surface area (Å²) in [6.45, 7) is 4.65. The van der Waals surface area contributed by atoms with Crippen molar-refractivity contribution in [3.63, 3.8) is 0 Å². The first-order valence-electron chi connectivity index (χ1n) is 7.54. The molecule has 0 unspecified atom stereocenters. The van der Waals surface area contributed by atoms with Crippen LogP contribution in [0.15, 0.2) is 30.3 Å². The highest BCUT2D eigenvalue weighted by molar-refractivity contribution is 5.91. The summed E-state index contributed by atoms with van der Waals surface area (Å²) in [6, 6.07) is 6.79. The highest BCUT2D eigenvalue weighted by Crippen LogP contribution is 2.25. The van der Waals surface area contributed by atoms with Crippen molar-refractivity contribution >= 4 is 17.7 Å². The molecule has 0 aliphatic heterocycles. The van der Waals surface area contributed by atoms with Crippen LogP contribution < -0.4 is 5.32 Å². The number of nitro benzene ring substituents is 1. The van der Waals surface area contributed by atoms with E-state index in [9.17, 15) is 14.9 Å². The van der Waals surface area contributed by atoms with E-state index in [4.69, 9.17) is 0 Å². The number of non-ortho nitro benzene ring substituents is 1. The molecule has 0 spiro atoms. The molecule has 0 bridgehead atoms. The predicted octanol–water partition coefficient (Wildman–Crippen LogP) is 2.21. The Balaban J connectivity index is 1.74. The Morgan fingerprint density at radius 2 is 2.09 bits per heavy atom. The van der Waals surface area contributed by atoms with E-state index in [-0.39, 0.29) is 11.6 Å². The number of carbonyl (C=O) groups excluding carboxylic acids is 1. The van der Waals surface area contributed by atoms with Gasteiger partial charge in [-0.05, 0) is 43.2 Å². The van der Waals surface area contributed by atoms with Gasteiger partial charge in [0.25, 0.3) is 5.69 Å². The molecule has 1 aromatic carbocycles. The summed E-state index contributed by atoms with van der Waals surface area (Å²) in [7, 11) is 0. The predicted molar refractivity (Wildman–Crippen MR) is 85.4 cm³/mol. The second-order valence-electron chi connectivity index (χ2n) is 5.33. The lowest BCUT2D eigenvalue weighted by Gasteiger charge is -2.19. The number of nitro groups is 1. The topological polar surface area (TPSA) is 75.5 Å². The number of rotatable bonds is 8. The van der Waals surface area contributed by atoms with Crippen molar-refractivity contribution in [2.45, 2.75) is 25.8 Å². The van der Waals surface area contributed by atoms with Crippen molar-refractivity contribution in [3.8, 4) is 0 Å². The van der Waals surface area contributed by atoms with Gasteiger partial charge < -0.3 is 5.32 Å². The van der Waals surface area contributed by atoms with Gasteiger partial charge in [0.2, 0.25) is 5.91 Å². The first kappa shape index (κ1) is 16.2. The van der Waals surface area contributed by atoms with Gasteiger partial charge in [0.15, 0.2) is 0 Å². The molecular weight excluding hydrogens is 282 g/mol. The van der Waals surface area contributed by atoms with E-state index in [0.29, 0.717) is 12.6 Å². The molecule has 1 N–H and O–H groups in total. The molecule has 6 heteroatoms. The number of likely N-dealkylation sites (N-methyl/N-ethyl adjacent to an activating group) is 1. The third kappa shape index (κ3) is 4.96. The number of hydrogen-bond acceptors (Lipinski definition) is 4. The van der Waals surface area contributed by atoms with Gasteiger partial charge in [-0.25, -0.2) is 0 Å². The molecule has 0 saturated heterocycles. The fraction of sp³-hybridized carbons (Fsp3) is 0.438. The van der Waals surface area contributed by atoms with Crippen LogP contribution in [0.5, 0.6) is 0 Å². The molecule has 1 fully saturated rings. The SMILES string of the molecule is CCN(CCNC(=O)/C=C/c1ccc([N+](=O)[O-])cc1)C1CC1. The Kier molecular flexibility index (Phi) is 5.66. The molecule has 1 amide bonds. The van der Waals surface area contributed by atoms with Crippen molar-refractivity contribution in [1.29, 1.82) is 0 Å². The van der Waals surface area contributed by atoms with Crippen LogP contribution in [0.25, 0.3) is 6.08 Å². The molecule has 1 aromatic rings. The molecule has 1 saturated carbocycles. The summed E-state index contributed by atoms with van der Waals surface area (Å²) in [4.78, 5) is 24.2. The van der Waals surface area contributed by atoms with E-state index < -0.39 is 4.92 Å². The number of nitrogens with zero attached hydrogens (tertiary/aromatic N) is 2. The van der Waals surface area contributed by atoms with E-state index in [2.05, 4.69) is 17.1 Å². The minimum atomic E-state index is -0.445. The maximum atomic E-state index is 11.7. The van der Waals surface area contributed by atoms with Crippen molar-refractivity contribution in [1.82, 2.24) is 10.2 Å². The van der Waals surface area contributed by atoms with Gasteiger partial charge in [-0.2, -0.15) is 0 Å². The maximum Gasteiger partial charge on any atom is 0.269 e. The standard InChI is InChI=1S/C16H21N3O3/c1-2-18(14-8-9-14)12-11-17-16(20)10-5-13-3-6-15(7-4-13)19(21)22/h3-7,10,14H,2,8-9,11-12H2,1H3,(H,17,20)/b10-5+. The van der Waals surface area contributed by atoms with E-state index in [1.807, 2.05) is 0 Å². The molecule has 0 atom stereocenters. The molecule has 22 heavy (non-hydrogen) atoms. The Morgan fingerprint density at radius 1 is 1.41 bits per heavy atom. The van der Waals surface area contributed by atoms with E-state index in [1.54, 1.807) is 18.2 Å². The zero-order valence-corrected chi connectivity index (χ0v) is 12.7. The number of amides is 1. The molecule has 2 rings (SSSR count). The molecule has 6 nitrogen and oxygen atoms in total. The molecule has 1 aliphatic rings. The first-order valence-corrected chi connectivity index (χ1v) is 7.54. The zero-order chi connectivity index (χ0) is 15.9. The second-order valence-corrected chi connectivity index (χ2v) is 5.33. The van der Waals surface area contributed by atoms with Crippen molar-refractivity contribution in [2.75, 3.05) is 19.6 Å². The lowest BCUT2D eigenvalue weighted by atomic mass is 10.2.